The second-order valence-electron chi connectivity index (χ2n) is 4.69. The van der Waals surface area contributed by atoms with E-state index in [2.05, 4.69) is 35.6 Å². The maximum Gasteiger partial charge on any atom is 0.0878 e. The van der Waals surface area contributed by atoms with Crippen LogP contribution in [0.15, 0.2) is 30.5 Å². The molecule has 1 unspecified atom stereocenters. The van der Waals surface area contributed by atoms with Crippen molar-refractivity contribution in [1.82, 2.24) is 15.2 Å². The number of nitrogens with zero attached hydrogens (tertiary/aromatic N) is 2. The Morgan fingerprint density at radius 3 is 3.00 bits per heavy atom. The number of aromatic nitrogens is 2. The maximum atomic E-state index is 5.74. The fraction of sp³-hybridized carbons (Fsp3) is 0.357. The Morgan fingerprint density at radius 1 is 1.37 bits per heavy atom. The zero-order valence-electron chi connectivity index (χ0n) is 11.0. The van der Waals surface area contributed by atoms with E-state index in [1.54, 1.807) is 6.20 Å². The van der Waals surface area contributed by atoms with Crippen molar-refractivity contribution < 1.29 is 4.74 Å². The summed E-state index contributed by atoms with van der Waals surface area (Å²) < 4.78 is 7.40. The Kier molecular flexibility index (Phi) is 3.33. The van der Waals surface area contributed by atoms with Crippen molar-refractivity contribution in [2.24, 2.45) is 5.84 Å². The topological polar surface area (TPSA) is 65.1 Å². The minimum Gasteiger partial charge on any atom is -0.372 e. The van der Waals surface area contributed by atoms with E-state index in [0.717, 1.165) is 17.8 Å². The van der Waals surface area contributed by atoms with Gasteiger partial charge in [-0.1, -0.05) is 18.2 Å². The molecule has 0 bridgehead atoms. The van der Waals surface area contributed by atoms with Crippen LogP contribution in [-0.4, -0.2) is 9.78 Å². The lowest BCUT2D eigenvalue weighted by molar-refractivity contribution is 0.134. The molecular weight excluding hydrogens is 240 g/mol. The van der Waals surface area contributed by atoms with Gasteiger partial charge in [0.15, 0.2) is 0 Å². The first-order chi connectivity index (χ1) is 9.33. The van der Waals surface area contributed by atoms with E-state index in [-0.39, 0.29) is 6.04 Å². The van der Waals surface area contributed by atoms with E-state index >= 15 is 0 Å². The Balaban J connectivity index is 1.98. The predicted octanol–water partition coefficient (Wildman–Crippen LogP) is 1.49. The fourth-order valence-corrected chi connectivity index (χ4v) is 2.58. The fourth-order valence-electron chi connectivity index (χ4n) is 2.58. The molecule has 0 amide bonds. The number of ether oxygens (including phenoxy) is 1. The highest BCUT2D eigenvalue weighted by Gasteiger charge is 2.19. The summed E-state index contributed by atoms with van der Waals surface area (Å²) in [5.74, 6) is 5.74. The van der Waals surface area contributed by atoms with Crippen LogP contribution < -0.4 is 11.3 Å². The lowest BCUT2D eigenvalue weighted by Crippen LogP contribution is -2.30. The molecule has 0 spiro atoms. The molecule has 5 nitrogen and oxygen atoms in total. The van der Waals surface area contributed by atoms with E-state index in [0.29, 0.717) is 13.2 Å². The number of hydrogen-bond acceptors (Lipinski definition) is 4. The van der Waals surface area contributed by atoms with Gasteiger partial charge in [0.1, 0.15) is 0 Å². The molecule has 1 aliphatic heterocycles. The molecule has 0 fully saturated rings. The molecule has 1 atom stereocenters. The molecule has 0 saturated heterocycles. The van der Waals surface area contributed by atoms with Gasteiger partial charge in [0.05, 0.1) is 24.9 Å². The number of hydrazine groups is 1. The minimum atomic E-state index is -0.0478. The van der Waals surface area contributed by atoms with Crippen LogP contribution in [0.2, 0.25) is 0 Å². The molecule has 100 valence electrons. The van der Waals surface area contributed by atoms with Gasteiger partial charge < -0.3 is 4.74 Å². The molecule has 1 aliphatic rings. The summed E-state index contributed by atoms with van der Waals surface area (Å²) >= 11 is 0. The third-order valence-electron chi connectivity index (χ3n) is 3.59. The van der Waals surface area contributed by atoms with E-state index < -0.39 is 0 Å². The van der Waals surface area contributed by atoms with Gasteiger partial charge in [0.2, 0.25) is 0 Å². The third kappa shape index (κ3) is 2.16. The van der Waals surface area contributed by atoms with Gasteiger partial charge in [0, 0.05) is 12.7 Å². The van der Waals surface area contributed by atoms with Crippen molar-refractivity contribution in [3.05, 3.63) is 52.8 Å². The van der Waals surface area contributed by atoms with E-state index in [4.69, 9.17) is 10.6 Å². The first-order valence-electron chi connectivity index (χ1n) is 6.50. The second-order valence-corrected chi connectivity index (χ2v) is 4.69. The number of aryl methyl sites for hydroxylation is 1. The maximum absolute atomic E-state index is 5.74. The largest absolute Gasteiger partial charge is 0.372 e. The third-order valence-corrected chi connectivity index (χ3v) is 3.59. The first kappa shape index (κ1) is 12.3. The average Bonchev–Trinajstić information content (AvgIpc) is 3.07. The van der Waals surface area contributed by atoms with Crippen LogP contribution in [0.3, 0.4) is 0 Å². The summed E-state index contributed by atoms with van der Waals surface area (Å²) in [4.78, 5) is 0. The number of nitrogens with one attached hydrogen (secondary N) is 1. The summed E-state index contributed by atoms with van der Waals surface area (Å²) in [6.07, 6.45) is 1.81. The van der Waals surface area contributed by atoms with E-state index in [1.807, 2.05) is 10.7 Å². The van der Waals surface area contributed by atoms with E-state index in [9.17, 15) is 0 Å². The van der Waals surface area contributed by atoms with Crippen LogP contribution in [0.25, 0.3) is 0 Å². The van der Waals surface area contributed by atoms with Crippen molar-refractivity contribution in [2.75, 3.05) is 0 Å². The van der Waals surface area contributed by atoms with Crippen LogP contribution in [-0.2, 0) is 24.5 Å². The van der Waals surface area contributed by atoms with Gasteiger partial charge in [-0.2, -0.15) is 5.10 Å². The predicted molar refractivity (Wildman–Crippen MR) is 72.0 cm³/mol. The molecule has 0 aliphatic carbocycles. The summed E-state index contributed by atoms with van der Waals surface area (Å²) in [7, 11) is 0. The van der Waals surface area contributed by atoms with Gasteiger partial charge in [-0.15, -0.1) is 0 Å². The molecule has 2 aromatic rings. The van der Waals surface area contributed by atoms with Crippen LogP contribution >= 0.6 is 0 Å². The summed E-state index contributed by atoms with van der Waals surface area (Å²) in [5, 5.41) is 4.30. The Bertz CT molecular complexity index is 579. The van der Waals surface area contributed by atoms with Crippen molar-refractivity contribution in [3.8, 4) is 0 Å². The first-order valence-corrected chi connectivity index (χ1v) is 6.50. The molecule has 0 radical (unpaired) electrons. The zero-order valence-corrected chi connectivity index (χ0v) is 11.0. The van der Waals surface area contributed by atoms with Gasteiger partial charge in [0.25, 0.3) is 0 Å². The standard InChI is InChI=1S/C14H18N4O/c1-2-18-13(5-6-16-18)14(17-15)10-3-4-11-8-19-9-12(11)7-10/h3-7,14,17H,2,8-9,15H2,1H3. The molecular formula is C14H18N4O. The lowest BCUT2D eigenvalue weighted by atomic mass is 9.99. The normalized spacial score (nSPS) is 15.5. The van der Waals surface area contributed by atoms with Crippen molar-refractivity contribution in [1.29, 1.82) is 0 Å². The summed E-state index contributed by atoms with van der Waals surface area (Å²) in [5.41, 5.74) is 7.62. The molecule has 0 saturated carbocycles. The molecule has 5 heteroatoms. The van der Waals surface area contributed by atoms with Gasteiger partial charge in [-0.25, -0.2) is 5.43 Å². The molecule has 1 aromatic heterocycles. The quantitative estimate of drug-likeness (QED) is 0.644. The zero-order chi connectivity index (χ0) is 13.2. The van der Waals surface area contributed by atoms with Crippen LogP contribution in [0.4, 0.5) is 0 Å². The number of hydrogen-bond donors (Lipinski definition) is 2. The minimum absolute atomic E-state index is 0.0478. The van der Waals surface area contributed by atoms with Crippen LogP contribution in [0.1, 0.15) is 35.3 Å². The van der Waals surface area contributed by atoms with Gasteiger partial charge in [-0.3, -0.25) is 10.5 Å². The monoisotopic (exact) mass is 258 g/mol. The Hall–Kier alpha value is -1.69. The SMILES string of the molecule is CCn1nccc1C(NN)c1ccc2c(c1)COC2. The summed E-state index contributed by atoms with van der Waals surface area (Å²) in [6.45, 7) is 4.30. The smallest absolute Gasteiger partial charge is 0.0878 e. The second kappa shape index (κ2) is 5.13. The molecule has 2 heterocycles. The number of nitrogens with two attached hydrogens (primary N) is 1. The van der Waals surface area contributed by atoms with Gasteiger partial charge >= 0.3 is 0 Å². The van der Waals surface area contributed by atoms with Crippen LogP contribution in [0.5, 0.6) is 0 Å². The van der Waals surface area contributed by atoms with Gasteiger partial charge in [-0.05, 0) is 29.7 Å². The molecule has 1 aromatic carbocycles. The number of benzene rings is 1. The Labute approximate surface area is 112 Å². The van der Waals surface area contributed by atoms with Crippen molar-refractivity contribution >= 4 is 0 Å². The molecule has 3 N–H and O–H groups in total. The lowest BCUT2D eigenvalue weighted by Gasteiger charge is -2.18. The van der Waals surface area contributed by atoms with E-state index in [1.165, 1.54) is 11.1 Å². The highest BCUT2D eigenvalue weighted by atomic mass is 16.5. The van der Waals surface area contributed by atoms with Crippen LogP contribution in [0, 0.1) is 0 Å². The van der Waals surface area contributed by atoms with Crippen molar-refractivity contribution in [3.63, 3.8) is 0 Å². The molecule has 3 rings (SSSR count). The number of rotatable bonds is 4. The average molecular weight is 258 g/mol. The Morgan fingerprint density at radius 2 is 2.21 bits per heavy atom. The highest BCUT2D eigenvalue weighted by Crippen LogP contribution is 2.27. The van der Waals surface area contributed by atoms with Crippen molar-refractivity contribution in [2.45, 2.75) is 32.7 Å². The number of fused-ring (bicyclic) bond motifs is 1. The summed E-state index contributed by atoms with van der Waals surface area (Å²) in [6, 6.07) is 8.34. The molecule has 19 heavy (non-hydrogen) atoms. The highest BCUT2D eigenvalue weighted by molar-refractivity contribution is 5.37.